The van der Waals surface area contributed by atoms with Gasteiger partial charge in [0, 0.05) is 5.56 Å². The zero-order chi connectivity index (χ0) is 29.3. The third-order valence-corrected chi connectivity index (χ3v) is 6.50. The highest BCUT2D eigenvalue weighted by Crippen LogP contribution is 2.30. The van der Waals surface area contributed by atoms with Crippen LogP contribution in [0.5, 0.6) is 0 Å². The normalized spacial score (nSPS) is 20.6. The first-order chi connectivity index (χ1) is 20.5. The summed E-state index contributed by atoms with van der Waals surface area (Å²) >= 11 is 0. The second-order valence-corrected chi connectivity index (χ2v) is 9.38. The minimum absolute atomic E-state index is 0.219. The highest BCUT2D eigenvalue weighted by atomic mass is 16.8. The lowest BCUT2D eigenvalue weighted by molar-refractivity contribution is -0.308. The van der Waals surface area contributed by atoms with Crippen LogP contribution in [-0.2, 0) is 23.7 Å². The van der Waals surface area contributed by atoms with Crippen LogP contribution in [0.25, 0.3) is 0 Å². The van der Waals surface area contributed by atoms with Gasteiger partial charge in [-0.2, -0.15) is 0 Å². The maximum absolute atomic E-state index is 13.2. The lowest BCUT2D eigenvalue weighted by Gasteiger charge is -2.41. The number of aliphatic hydroxyl groups excluding tert-OH is 1. The van der Waals surface area contributed by atoms with E-state index < -0.39 is 48.8 Å². The average molecular weight is 569 g/mol. The number of ether oxygens (including phenoxy) is 5. The molecule has 0 aliphatic carbocycles. The summed E-state index contributed by atoms with van der Waals surface area (Å²) < 4.78 is 29.1. The Kier molecular flexibility index (Phi) is 9.35. The maximum Gasteiger partial charge on any atom is 0.338 e. The predicted molar refractivity (Wildman–Crippen MR) is 149 cm³/mol. The average Bonchev–Trinajstić information content (AvgIpc) is 3.05. The molecule has 4 aromatic rings. The fourth-order valence-electron chi connectivity index (χ4n) is 4.36. The first kappa shape index (κ1) is 28.7. The van der Waals surface area contributed by atoms with E-state index in [9.17, 15) is 19.5 Å². The first-order valence-corrected chi connectivity index (χ1v) is 13.3. The molecule has 4 aromatic carbocycles. The second-order valence-electron chi connectivity index (χ2n) is 9.38. The molecule has 1 fully saturated rings. The van der Waals surface area contributed by atoms with Gasteiger partial charge in [0.1, 0.15) is 0 Å². The lowest BCUT2D eigenvalue weighted by Crippen LogP contribution is -2.58. The summed E-state index contributed by atoms with van der Waals surface area (Å²) in [6, 6.07) is 33.2. The van der Waals surface area contributed by atoms with Crippen LogP contribution >= 0.6 is 0 Å². The molecule has 1 N–H and O–H groups in total. The van der Waals surface area contributed by atoms with E-state index in [0.29, 0.717) is 5.56 Å². The molecule has 1 saturated heterocycles. The van der Waals surface area contributed by atoms with Crippen molar-refractivity contribution in [1.82, 2.24) is 0 Å². The maximum atomic E-state index is 13.2. The minimum Gasteiger partial charge on any atom is -0.452 e. The summed E-state index contributed by atoms with van der Waals surface area (Å²) in [5.41, 5.74) is 1.13. The Morgan fingerprint density at radius 2 is 1.00 bits per heavy atom. The Balaban J connectivity index is 1.47. The summed E-state index contributed by atoms with van der Waals surface area (Å²) in [6.07, 6.45) is -6.85. The Morgan fingerprint density at radius 3 is 1.48 bits per heavy atom. The van der Waals surface area contributed by atoms with Crippen LogP contribution < -0.4 is 0 Å². The molecule has 42 heavy (non-hydrogen) atoms. The number of esters is 3. The van der Waals surface area contributed by atoms with E-state index in [4.69, 9.17) is 23.7 Å². The molecule has 0 bridgehead atoms. The zero-order valence-corrected chi connectivity index (χ0v) is 22.4. The highest BCUT2D eigenvalue weighted by Gasteiger charge is 2.49. The van der Waals surface area contributed by atoms with Gasteiger partial charge in [0.25, 0.3) is 0 Å². The van der Waals surface area contributed by atoms with Gasteiger partial charge in [0.15, 0.2) is 24.6 Å². The summed E-state index contributed by atoms with van der Waals surface area (Å²) in [5, 5.41) is 10.8. The van der Waals surface area contributed by atoms with E-state index in [1.807, 2.05) is 0 Å². The molecule has 1 aliphatic heterocycles. The molecule has 5 rings (SSSR count). The summed E-state index contributed by atoms with van der Waals surface area (Å²) in [7, 11) is 0. The molecular formula is C33H28O9. The standard InChI is InChI=1S/C33H28O9/c34-29(22-13-5-1-6-14-22)39-26-21-38-33(42-32(37)25-19-11-4-12-20-25)28(41-31(36)24-17-9-3-10-18-24)27(26)40-30(35)23-15-7-2-8-16-23/h1-20,26-28,32-33,37H,21H2/t26-,27+,28-,32?,33+/m1/s1. The fraction of sp³-hybridized carbons (Fsp3) is 0.182. The van der Waals surface area contributed by atoms with Gasteiger partial charge in [-0.25, -0.2) is 14.4 Å². The number of carbonyl (C=O) groups is 3. The summed E-state index contributed by atoms with van der Waals surface area (Å²) in [4.78, 5) is 39.5. The van der Waals surface area contributed by atoms with E-state index in [1.54, 1.807) is 121 Å². The van der Waals surface area contributed by atoms with Gasteiger partial charge in [0.05, 0.1) is 23.3 Å². The smallest absolute Gasteiger partial charge is 0.338 e. The van der Waals surface area contributed by atoms with Crippen molar-refractivity contribution >= 4 is 17.9 Å². The Hall–Kier alpha value is -4.83. The molecule has 0 radical (unpaired) electrons. The number of carbonyl (C=O) groups excluding carboxylic acids is 3. The molecule has 9 heteroatoms. The third-order valence-electron chi connectivity index (χ3n) is 6.50. The summed E-state index contributed by atoms with van der Waals surface area (Å²) in [5.74, 6) is -2.20. The van der Waals surface area contributed by atoms with Crippen molar-refractivity contribution in [2.45, 2.75) is 30.9 Å². The number of rotatable bonds is 9. The Labute approximate surface area is 242 Å². The van der Waals surface area contributed by atoms with Crippen molar-refractivity contribution in [2.24, 2.45) is 0 Å². The third kappa shape index (κ3) is 7.08. The second kappa shape index (κ2) is 13.7. The van der Waals surface area contributed by atoms with Gasteiger partial charge in [0.2, 0.25) is 6.29 Å². The van der Waals surface area contributed by atoms with E-state index in [1.165, 1.54) is 0 Å². The molecule has 1 aliphatic rings. The van der Waals surface area contributed by atoms with Gasteiger partial charge in [-0.3, -0.25) is 0 Å². The molecular weight excluding hydrogens is 540 g/mol. The van der Waals surface area contributed by atoms with Crippen LogP contribution in [0.2, 0.25) is 0 Å². The Morgan fingerprint density at radius 1 is 0.595 bits per heavy atom. The molecule has 0 spiro atoms. The molecule has 5 atom stereocenters. The monoisotopic (exact) mass is 568 g/mol. The lowest BCUT2D eigenvalue weighted by atomic mass is 10.0. The molecule has 1 unspecified atom stereocenters. The van der Waals surface area contributed by atoms with Crippen LogP contribution in [0.4, 0.5) is 0 Å². The molecule has 0 aromatic heterocycles. The number of benzene rings is 4. The van der Waals surface area contributed by atoms with Crippen LogP contribution in [0.1, 0.15) is 42.9 Å². The highest BCUT2D eigenvalue weighted by molar-refractivity contribution is 5.91. The van der Waals surface area contributed by atoms with Crippen molar-refractivity contribution < 1.29 is 43.2 Å². The Bertz CT molecular complexity index is 1460. The SMILES string of the molecule is O=C(O[C@@H]1[C@@H](OC(=O)c2ccccc2)[C@H](OC(O)c2ccccc2)OC[C@H]1OC(=O)c1ccccc1)c1ccccc1. The van der Waals surface area contributed by atoms with Crippen LogP contribution in [-0.4, -0.2) is 54.2 Å². The fourth-order valence-corrected chi connectivity index (χ4v) is 4.36. The van der Waals surface area contributed by atoms with E-state index >= 15 is 0 Å². The number of aliphatic hydroxyl groups is 1. The largest absolute Gasteiger partial charge is 0.452 e. The van der Waals surface area contributed by atoms with Crippen LogP contribution in [0.15, 0.2) is 121 Å². The van der Waals surface area contributed by atoms with E-state index in [2.05, 4.69) is 0 Å². The van der Waals surface area contributed by atoms with Crippen molar-refractivity contribution in [3.05, 3.63) is 144 Å². The molecule has 9 nitrogen and oxygen atoms in total. The van der Waals surface area contributed by atoms with Crippen molar-refractivity contribution in [1.29, 1.82) is 0 Å². The number of hydrogen-bond donors (Lipinski definition) is 1. The quantitative estimate of drug-likeness (QED) is 0.174. The molecule has 0 saturated carbocycles. The van der Waals surface area contributed by atoms with Gasteiger partial charge in [-0.15, -0.1) is 0 Å². The first-order valence-electron chi connectivity index (χ1n) is 13.3. The predicted octanol–water partition coefficient (Wildman–Crippen LogP) is 4.73. The topological polar surface area (TPSA) is 118 Å². The van der Waals surface area contributed by atoms with Crippen molar-refractivity contribution in [3.8, 4) is 0 Å². The molecule has 1 heterocycles. The molecule has 214 valence electrons. The van der Waals surface area contributed by atoms with Gasteiger partial charge < -0.3 is 28.8 Å². The van der Waals surface area contributed by atoms with Gasteiger partial charge in [-0.1, -0.05) is 84.9 Å². The minimum atomic E-state index is -1.47. The van der Waals surface area contributed by atoms with E-state index in [-0.39, 0.29) is 23.3 Å². The zero-order valence-electron chi connectivity index (χ0n) is 22.4. The van der Waals surface area contributed by atoms with Crippen LogP contribution in [0.3, 0.4) is 0 Å². The molecule has 0 amide bonds. The van der Waals surface area contributed by atoms with Crippen LogP contribution in [0, 0.1) is 0 Å². The number of hydrogen-bond acceptors (Lipinski definition) is 9. The van der Waals surface area contributed by atoms with Crippen molar-refractivity contribution in [3.63, 3.8) is 0 Å². The van der Waals surface area contributed by atoms with Crippen molar-refractivity contribution in [2.75, 3.05) is 6.61 Å². The van der Waals surface area contributed by atoms with E-state index in [0.717, 1.165) is 0 Å². The van der Waals surface area contributed by atoms with Gasteiger partial charge in [-0.05, 0) is 36.4 Å². The summed E-state index contributed by atoms with van der Waals surface area (Å²) in [6.45, 7) is -0.281. The van der Waals surface area contributed by atoms with Gasteiger partial charge >= 0.3 is 17.9 Å².